The van der Waals surface area contributed by atoms with Crippen LogP contribution in [-0.4, -0.2) is 75.9 Å². The van der Waals surface area contributed by atoms with Gasteiger partial charge in [0, 0.05) is 51.2 Å². The summed E-state index contributed by atoms with van der Waals surface area (Å²) in [7, 11) is 3.31. The molecule has 0 unspecified atom stereocenters. The largest absolute Gasteiger partial charge is 0.465 e. The van der Waals surface area contributed by atoms with E-state index in [1.165, 1.54) is 7.05 Å². The van der Waals surface area contributed by atoms with Crippen LogP contribution in [-0.2, 0) is 6.54 Å². The van der Waals surface area contributed by atoms with Crippen LogP contribution in [0.5, 0.6) is 0 Å². The summed E-state index contributed by atoms with van der Waals surface area (Å²) in [6.07, 6.45) is 0.452. The zero-order valence-electron chi connectivity index (χ0n) is 18.5. The average molecular weight is 452 g/mol. The monoisotopic (exact) mass is 452 g/mol. The third-order valence-electron chi connectivity index (χ3n) is 5.17. The van der Waals surface area contributed by atoms with E-state index in [0.717, 1.165) is 4.90 Å². The van der Waals surface area contributed by atoms with Gasteiger partial charge in [-0.3, -0.25) is 4.79 Å². The number of benzene rings is 1. The van der Waals surface area contributed by atoms with Gasteiger partial charge < -0.3 is 29.5 Å². The smallest absolute Gasteiger partial charge is 0.407 e. The molecular weight excluding hydrogens is 428 g/mol. The number of likely N-dealkylation sites (N-methyl/N-ethyl adjacent to an activating group) is 1. The topological polar surface area (TPSA) is 141 Å². The molecule has 0 fully saturated rings. The standard InChI is InChI=1S/C21H24N8O4/c1-4-22-20-23-11-15-17(24-20)27(2)8-9-29(19(15)30)14-7-5-6-13(10-14)18-26-25-16(33-18)12-28(3)21(31)32/h5-7,10-11H,4,8-9,12H2,1-3H3,(H,31,32)(H,22,23,24). The fraction of sp³-hybridized carbons (Fsp3) is 0.333. The molecule has 2 aromatic heterocycles. The maximum absolute atomic E-state index is 13.4. The van der Waals surface area contributed by atoms with E-state index in [2.05, 4.69) is 25.5 Å². The fourth-order valence-corrected chi connectivity index (χ4v) is 3.42. The first-order chi connectivity index (χ1) is 15.9. The van der Waals surface area contributed by atoms with E-state index in [1.54, 1.807) is 29.3 Å². The molecule has 2 amide bonds. The summed E-state index contributed by atoms with van der Waals surface area (Å²) in [4.78, 5) is 37.8. The van der Waals surface area contributed by atoms with Crippen molar-refractivity contribution < 1.29 is 19.1 Å². The Kier molecular flexibility index (Phi) is 6.07. The highest BCUT2D eigenvalue weighted by Gasteiger charge is 2.28. The SMILES string of the molecule is CCNc1ncc2c(n1)N(C)CCN(c1cccc(-c3nnc(CN(C)C(=O)O)o3)c1)C2=O. The fourth-order valence-electron chi connectivity index (χ4n) is 3.42. The highest BCUT2D eigenvalue weighted by Crippen LogP contribution is 2.29. The van der Waals surface area contributed by atoms with E-state index in [1.807, 2.05) is 24.9 Å². The molecule has 12 heteroatoms. The van der Waals surface area contributed by atoms with Gasteiger partial charge in [0.1, 0.15) is 17.9 Å². The zero-order chi connectivity index (χ0) is 23.5. The number of rotatable bonds is 6. The van der Waals surface area contributed by atoms with E-state index in [0.29, 0.717) is 48.2 Å². The maximum atomic E-state index is 13.4. The lowest BCUT2D eigenvalue weighted by Gasteiger charge is -2.21. The Labute approximate surface area is 189 Å². The molecule has 172 valence electrons. The van der Waals surface area contributed by atoms with Crippen molar-refractivity contribution in [2.24, 2.45) is 0 Å². The quantitative estimate of drug-likeness (QED) is 0.571. The number of hydrogen-bond acceptors (Lipinski definition) is 9. The van der Waals surface area contributed by atoms with E-state index < -0.39 is 6.09 Å². The second-order valence-corrected chi connectivity index (χ2v) is 7.53. The van der Waals surface area contributed by atoms with Crippen molar-refractivity contribution in [1.82, 2.24) is 25.1 Å². The molecule has 33 heavy (non-hydrogen) atoms. The van der Waals surface area contributed by atoms with E-state index in [-0.39, 0.29) is 24.2 Å². The van der Waals surface area contributed by atoms with E-state index in [4.69, 9.17) is 9.52 Å². The number of anilines is 3. The number of carbonyl (C=O) groups excluding carboxylic acids is 1. The Bertz CT molecular complexity index is 1180. The third kappa shape index (κ3) is 4.54. The molecule has 1 aliphatic heterocycles. The van der Waals surface area contributed by atoms with Gasteiger partial charge in [-0.2, -0.15) is 4.98 Å². The second kappa shape index (κ2) is 9.10. The molecule has 12 nitrogen and oxygen atoms in total. The number of amides is 2. The van der Waals surface area contributed by atoms with Crippen molar-refractivity contribution in [2.45, 2.75) is 13.5 Å². The van der Waals surface area contributed by atoms with Gasteiger partial charge in [0.15, 0.2) is 0 Å². The van der Waals surface area contributed by atoms with Crippen LogP contribution in [0.25, 0.3) is 11.5 Å². The van der Waals surface area contributed by atoms with Crippen molar-refractivity contribution in [2.75, 3.05) is 48.8 Å². The molecule has 3 aromatic rings. The van der Waals surface area contributed by atoms with Crippen LogP contribution in [0.15, 0.2) is 34.9 Å². The minimum absolute atomic E-state index is 0.0232. The number of nitrogens with zero attached hydrogens (tertiary/aromatic N) is 7. The van der Waals surface area contributed by atoms with Gasteiger partial charge in [-0.15, -0.1) is 10.2 Å². The first kappa shape index (κ1) is 22.0. The van der Waals surface area contributed by atoms with Crippen LogP contribution >= 0.6 is 0 Å². The van der Waals surface area contributed by atoms with Crippen molar-refractivity contribution in [3.8, 4) is 11.5 Å². The van der Waals surface area contributed by atoms with Crippen molar-refractivity contribution in [3.05, 3.63) is 41.9 Å². The lowest BCUT2D eigenvalue weighted by atomic mass is 10.1. The van der Waals surface area contributed by atoms with Gasteiger partial charge in [-0.05, 0) is 25.1 Å². The van der Waals surface area contributed by atoms with E-state index in [9.17, 15) is 9.59 Å². The molecule has 0 bridgehead atoms. The minimum atomic E-state index is -1.09. The predicted molar refractivity (Wildman–Crippen MR) is 120 cm³/mol. The van der Waals surface area contributed by atoms with E-state index >= 15 is 0 Å². The molecule has 0 radical (unpaired) electrons. The summed E-state index contributed by atoms with van der Waals surface area (Å²) in [6, 6.07) is 7.20. The molecular formula is C21H24N8O4. The summed E-state index contributed by atoms with van der Waals surface area (Å²) in [5.74, 6) is 1.27. The third-order valence-corrected chi connectivity index (χ3v) is 5.17. The number of carboxylic acid groups (broad SMARTS) is 1. The number of aromatic nitrogens is 4. The molecule has 4 rings (SSSR count). The Balaban J connectivity index is 1.61. The Morgan fingerprint density at radius 1 is 1.30 bits per heavy atom. The first-order valence-corrected chi connectivity index (χ1v) is 10.4. The number of hydrogen-bond donors (Lipinski definition) is 2. The lowest BCUT2D eigenvalue weighted by Crippen LogP contribution is -2.33. The lowest BCUT2D eigenvalue weighted by molar-refractivity contribution is 0.0989. The molecule has 0 aliphatic carbocycles. The minimum Gasteiger partial charge on any atom is -0.465 e. The molecule has 3 heterocycles. The number of nitrogens with one attached hydrogen (secondary N) is 1. The van der Waals surface area contributed by atoms with Crippen LogP contribution in [0.1, 0.15) is 23.2 Å². The van der Waals surface area contributed by atoms with Crippen LogP contribution in [0.4, 0.5) is 22.2 Å². The van der Waals surface area contributed by atoms with Gasteiger partial charge >= 0.3 is 6.09 Å². The molecule has 1 aromatic carbocycles. The predicted octanol–water partition coefficient (Wildman–Crippen LogP) is 2.16. The van der Waals surface area contributed by atoms with Crippen LogP contribution in [0, 0.1) is 0 Å². The Morgan fingerprint density at radius 3 is 2.88 bits per heavy atom. The summed E-state index contributed by atoms with van der Waals surface area (Å²) < 4.78 is 5.63. The maximum Gasteiger partial charge on any atom is 0.407 e. The van der Waals surface area contributed by atoms with Gasteiger partial charge in [-0.1, -0.05) is 6.07 Å². The van der Waals surface area contributed by atoms with Crippen molar-refractivity contribution in [1.29, 1.82) is 0 Å². The highest BCUT2D eigenvalue weighted by atomic mass is 16.4. The summed E-state index contributed by atoms with van der Waals surface area (Å²) >= 11 is 0. The summed E-state index contributed by atoms with van der Waals surface area (Å²) in [5, 5.41) is 20.0. The number of fused-ring (bicyclic) bond motifs is 1. The Morgan fingerprint density at radius 2 is 2.12 bits per heavy atom. The number of carbonyl (C=O) groups is 2. The molecule has 0 saturated carbocycles. The molecule has 0 spiro atoms. The van der Waals surface area contributed by atoms with Gasteiger partial charge in [0.25, 0.3) is 5.91 Å². The summed E-state index contributed by atoms with van der Waals surface area (Å²) in [5.41, 5.74) is 1.70. The molecule has 1 aliphatic rings. The van der Waals surface area contributed by atoms with Crippen LogP contribution in [0.2, 0.25) is 0 Å². The highest BCUT2D eigenvalue weighted by molar-refractivity contribution is 6.09. The van der Waals surface area contributed by atoms with Crippen LogP contribution < -0.4 is 15.1 Å². The normalized spacial score (nSPS) is 13.5. The van der Waals surface area contributed by atoms with Crippen LogP contribution in [0.3, 0.4) is 0 Å². The Hall–Kier alpha value is -4.22. The first-order valence-electron chi connectivity index (χ1n) is 10.4. The molecule has 0 saturated heterocycles. The van der Waals surface area contributed by atoms with Gasteiger partial charge in [0.05, 0.1) is 0 Å². The molecule has 0 atom stereocenters. The molecule has 2 N–H and O–H groups in total. The van der Waals surface area contributed by atoms with Gasteiger partial charge in [0.2, 0.25) is 17.7 Å². The van der Waals surface area contributed by atoms with Crippen molar-refractivity contribution >= 4 is 29.5 Å². The zero-order valence-corrected chi connectivity index (χ0v) is 18.5. The second-order valence-electron chi connectivity index (χ2n) is 7.53. The van der Waals surface area contributed by atoms with Crippen molar-refractivity contribution in [3.63, 3.8) is 0 Å². The van der Waals surface area contributed by atoms with Gasteiger partial charge in [-0.25, -0.2) is 9.78 Å². The summed E-state index contributed by atoms with van der Waals surface area (Å²) in [6.45, 7) is 3.64. The average Bonchev–Trinajstić information content (AvgIpc) is 3.23.